The van der Waals surface area contributed by atoms with Crippen molar-refractivity contribution in [3.63, 3.8) is 0 Å². The molecule has 0 aliphatic rings. The number of hydrogen-bond donors (Lipinski definition) is 1. The molecule has 1 amide bonds. The summed E-state index contributed by atoms with van der Waals surface area (Å²) in [6.07, 6.45) is 0.945. The highest BCUT2D eigenvalue weighted by atomic mass is 16.5. The fourth-order valence-corrected chi connectivity index (χ4v) is 1.76. The molecule has 0 aromatic heterocycles. The summed E-state index contributed by atoms with van der Waals surface area (Å²) in [5, 5.41) is 0. The van der Waals surface area contributed by atoms with Gasteiger partial charge in [-0.25, -0.2) is 0 Å². The lowest BCUT2D eigenvalue weighted by Crippen LogP contribution is -2.11. The average molecular weight is 269 g/mol. The molecule has 20 heavy (non-hydrogen) atoms. The van der Waals surface area contributed by atoms with Crippen LogP contribution in [0.2, 0.25) is 0 Å². The Labute approximate surface area is 117 Å². The van der Waals surface area contributed by atoms with Gasteiger partial charge in [0.25, 0.3) is 0 Å². The summed E-state index contributed by atoms with van der Waals surface area (Å²) in [4.78, 5) is 22.6. The largest absolute Gasteiger partial charge is 0.427 e. The number of carbonyl (C=O) groups is 2. The van der Waals surface area contributed by atoms with E-state index < -0.39 is 5.91 Å². The van der Waals surface area contributed by atoms with E-state index in [1.165, 1.54) is 12.1 Å². The Balaban J connectivity index is 1.86. The molecule has 4 heteroatoms. The van der Waals surface area contributed by atoms with E-state index in [0.717, 1.165) is 5.56 Å². The Kier molecular flexibility index (Phi) is 4.50. The van der Waals surface area contributed by atoms with Gasteiger partial charge in [-0.15, -0.1) is 0 Å². The van der Waals surface area contributed by atoms with Crippen LogP contribution in [0.4, 0.5) is 0 Å². The molecule has 4 nitrogen and oxygen atoms in total. The molecule has 2 aromatic rings. The van der Waals surface area contributed by atoms with Crippen molar-refractivity contribution in [2.75, 3.05) is 0 Å². The van der Waals surface area contributed by atoms with E-state index in [0.29, 0.717) is 24.2 Å². The van der Waals surface area contributed by atoms with Crippen LogP contribution in [-0.2, 0) is 11.2 Å². The van der Waals surface area contributed by atoms with Gasteiger partial charge in [0.1, 0.15) is 5.75 Å². The lowest BCUT2D eigenvalue weighted by atomic mass is 10.1. The van der Waals surface area contributed by atoms with Crippen molar-refractivity contribution < 1.29 is 14.3 Å². The third-order valence-electron chi connectivity index (χ3n) is 2.83. The quantitative estimate of drug-likeness (QED) is 0.669. The molecule has 2 rings (SSSR count). The van der Waals surface area contributed by atoms with Crippen molar-refractivity contribution in [3.05, 3.63) is 65.7 Å². The number of esters is 1. The zero-order chi connectivity index (χ0) is 14.4. The highest BCUT2D eigenvalue weighted by Crippen LogP contribution is 2.13. The van der Waals surface area contributed by atoms with Gasteiger partial charge in [-0.1, -0.05) is 30.3 Å². The summed E-state index contributed by atoms with van der Waals surface area (Å²) in [7, 11) is 0. The van der Waals surface area contributed by atoms with E-state index in [4.69, 9.17) is 10.5 Å². The molecular formula is C16H15NO3. The second-order valence-electron chi connectivity index (χ2n) is 4.35. The second-order valence-corrected chi connectivity index (χ2v) is 4.35. The molecule has 2 N–H and O–H groups in total. The Morgan fingerprint density at radius 3 is 2.20 bits per heavy atom. The molecule has 0 unspecified atom stereocenters. The van der Waals surface area contributed by atoms with Crippen LogP contribution in [0.5, 0.6) is 5.75 Å². The topological polar surface area (TPSA) is 69.4 Å². The monoisotopic (exact) mass is 269 g/mol. The van der Waals surface area contributed by atoms with Gasteiger partial charge in [-0.2, -0.15) is 0 Å². The van der Waals surface area contributed by atoms with Crippen LogP contribution in [0.1, 0.15) is 22.3 Å². The maximum atomic E-state index is 11.7. The van der Waals surface area contributed by atoms with Crippen molar-refractivity contribution in [2.45, 2.75) is 12.8 Å². The predicted molar refractivity (Wildman–Crippen MR) is 75.4 cm³/mol. The van der Waals surface area contributed by atoms with Crippen LogP contribution < -0.4 is 10.5 Å². The van der Waals surface area contributed by atoms with Crippen LogP contribution in [-0.4, -0.2) is 11.9 Å². The molecule has 0 fully saturated rings. The van der Waals surface area contributed by atoms with E-state index in [2.05, 4.69) is 0 Å². The van der Waals surface area contributed by atoms with Crippen molar-refractivity contribution in [2.24, 2.45) is 5.73 Å². The van der Waals surface area contributed by atoms with Crippen LogP contribution in [0.3, 0.4) is 0 Å². The number of rotatable bonds is 5. The molecule has 0 heterocycles. The van der Waals surface area contributed by atoms with Crippen LogP contribution in [0, 0.1) is 0 Å². The van der Waals surface area contributed by atoms with E-state index in [1.54, 1.807) is 12.1 Å². The van der Waals surface area contributed by atoms with Gasteiger partial charge in [0.15, 0.2) is 0 Å². The lowest BCUT2D eigenvalue weighted by Gasteiger charge is -2.05. The van der Waals surface area contributed by atoms with Crippen molar-refractivity contribution in [1.29, 1.82) is 0 Å². The number of ether oxygens (including phenoxy) is 1. The van der Waals surface area contributed by atoms with Crippen LogP contribution >= 0.6 is 0 Å². The minimum Gasteiger partial charge on any atom is -0.427 e. The van der Waals surface area contributed by atoms with Crippen molar-refractivity contribution in [3.8, 4) is 5.75 Å². The molecule has 0 saturated carbocycles. The maximum absolute atomic E-state index is 11.7. The first-order valence-corrected chi connectivity index (χ1v) is 6.29. The number of benzene rings is 2. The number of hydrogen-bond acceptors (Lipinski definition) is 3. The Hall–Kier alpha value is -2.62. The van der Waals surface area contributed by atoms with Gasteiger partial charge < -0.3 is 10.5 Å². The summed E-state index contributed by atoms with van der Waals surface area (Å²) in [6, 6.07) is 15.9. The zero-order valence-electron chi connectivity index (χ0n) is 10.9. The first-order valence-electron chi connectivity index (χ1n) is 6.29. The third-order valence-corrected chi connectivity index (χ3v) is 2.83. The summed E-state index contributed by atoms with van der Waals surface area (Å²) < 4.78 is 5.18. The number of aryl methyl sites for hydroxylation is 1. The van der Waals surface area contributed by atoms with E-state index in [9.17, 15) is 9.59 Å². The average Bonchev–Trinajstić information content (AvgIpc) is 2.47. The lowest BCUT2D eigenvalue weighted by molar-refractivity contribution is -0.134. The molecule has 102 valence electrons. The highest BCUT2D eigenvalue weighted by molar-refractivity contribution is 5.92. The fourth-order valence-electron chi connectivity index (χ4n) is 1.76. The fraction of sp³-hybridized carbons (Fsp3) is 0.125. The van der Waals surface area contributed by atoms with E-state index >= 15 is 0 Å². The smallest absolute Gasteiger partial charge is 0.311 e. The molecule has 0 aliphatic carbocycles. The highest BCUT2D eigenvalue weighted by Gasteiger charge is 2.06. The first kappa shape index (κ1) is 13.8. The van der Waals surface area contributed by atoms with Gasteiger partial charge >= 0.3 is 5.97 Å². The van der Waals surface area contributed by atoms with Crippen molar-refractivity contribution in [1.82, 2.24) is 0 Å². The molecule has 0 bridgehead atoms. The normalized spacial score (nSPS) is 10.0. The third kappa shape index (κ3) is 3.95. The summed E-state index contributed by atoms with van der Waals surface area (Å²) in [5.41, 5.74) is 6.61. The Morgan fingerprint density at radius 2 is 1.60 bits per heavy atom. The van der Waals surface area contributed by atoms with Crippen LogP contribution in [0.25, 0.3) is 0 Å². The molecule has 0 radical (unpaired) electrons. The molecule has 0 saturated heterocycles. The minimum absolute atomic E-state index is 0.305. The molecule has 2 aromatic carbocycles. The number of nitrogens with two attached hydrogens (primary N) is 1. The zero-order valence-corrected chi connectivity index (χ0v) is 10.9. The Bertz CT molecular complexity index is 591. The van der Waals surface area contributed by atoms with Gasteiger partial charge in [0.2, 0.25) is 5.91 Å². The maximum Gasteiger partial charge on any atom is 0.311 e. The predicted octanol–water partition coefficient (Wildman–Crippen LogP) is 2.32. The number of primary amides is 1. The second kappa shape index (κ2) is 6.52. The molecule has 0 aliphatic heterocycles. The number of carbonyl (C=O) groups excluding carboxylic acids is 2. The van der Waals surface area contributed by atoms with Gasteiger partial charge in [0, 0.05) is 12.0 Å². The van der Waals surface area contributed by atoms with Gasteiger partial charge in [-0.05, 0) is 36.2 Å². The first-order chi connectivity index (χ1) is 9.65. The summed E-state index contributed by atoms with van der Waals surface area (Å²) >= 11 is 0. The van der Waals surface area contributed by atoms with Crippen LogP contribution in [0.15, 0.2) is 54.6 Å². The number of amides is 1. The molecule has 0 spiro atoms. The summed E-state index contributed by atoms with van der Waals surface area (Å²) in [6.45, 7) is 0. The van der Waals surface area contributed by atoms with Gasteiger partial charge in [0.05, 0.1) is 0 Å². The van der Waals surface area contributed by atoms with E-state index in [1.807, 2.05) is 30.3 Å². The van der Waals surface area contributed by atoms with E-state index in [-0.39, 0.29) is 5.97 Å². The minimum atomic E-state index is -0.507. The van der Waals surface area contributed by atoms with Crippen molar-refractivity contribution >= 4 is 11.9 Å². The standard InChI is InChI=1S/C16H15NO3/c17-16(19)13-7-9-14(10-8-13)20-15(18)11-6-12-4-2-1-3-5-12/h1-5,7-10H,6,11H2,(H2,17,19). The van der Waals surface area contributed by atoms with Gasteiger partial charge in [-0.3, -0.25) is 9.59 Å². The molecular weight excluding hydrogens is 254 g/mol. The SMILES string of the molecule is NC(=O)c1ccc(OC(=O)CCc2ccccc2)cc1. The summed E-state index contributed by atoms with van der Waals surface area (Å²) in [5.74, 6) is -0.402. The Morgan fingerprint density at radius 1 is 0.950 bits per heavy atom. The molecule has 0 atom stereocenters.